The molecule has 0 saturated heterocycles. The van der Waals surface area contributed by atoms with Crippen molar-refractivity contribution >= 4 is 0 Å². The first-order valence-electron chi connectivity index (χ1n) is 5.64. The first-order chi connectivity index (χ1) is 7.26. The van der Waals surface area contributed by atoms with E-state index in [1.165, 1.54) is 11.1 Å². The van der Waals surface area contributed by atoms with Crippen molar-refractivity contribution in [1.82, 2.24) is 0 Å². The molecule has 0 heterocycles. The molecule has 0 atom stereocenters. The van der Waals surface area contributed by atoms with Crippen LogP contribution in [-0.4, -0.2) is 0 Å². The Morgan fingerprint density at radius 1 is 1.33 bits per heavy atom. The highest BCUT2D eigenvalue weighted by molar-refractivity contribution is 5.23. The molecule has 80 valence electrons. The summed E-state index contributed by atoms with van der Waals surface area (Å²) in [6.45, 7) is 9.83. The topological polar surface area (TPSA) is 0 Å². The number of benzene rings is 1. The zero-order valence-electron chi connectivity index (χ0n) is 9.63. The standard InChI is InChI=1S/C15H20/c1-4-13(3)8-6-10-15-11-7-9-14(5-2)12-15/h4,7,9,11-12H,1,3,5-6,8,10H2,2H3. The minimum atomic E-state index is 1.06. The predicted octanol–water partition coefficient (Wildman–Crippen LogP) is 4.31. The lowest BCUT2D eigenvalue weighted by Gasteiger charge is -2.03. The van der Waals surface area contributed by atoms with E-state index in [-0.39, 0.29) is 0 Å². The second-order valence-electron chi connectivity index (χ2n) is 3.89. The van der Waals surface area contributed by atoms with Crippen LogP contribution < -0.4 is 0 Å². The lowest BCUT2D eigenvalue weighted by atomic mass is 10.0. The van der Waals surface area contributed by atoms with Crippen LogP contribution in [0.1, 0.15) is 30.9 Å². The van der Waals surface area contributed by atoms with Crippen LogP contribution in [-0.2, 0) is 12.8 Å². The summed E-state index contributed by atoms with van der Waals surface area (Å²) < 4.78 is 0. The van der Waals surface area contributed by atoms with Crippen LogP contribution in [0.25, 0.3) is 0 Å². The van der Waals surface area contributed by atoms with Crippen LogP contribution >= 0.6 is 0 Å². The van der Waals surface area contributed by atoms with E-state index in [9.17, 15) is 0 Å². The van der Waals surface area contributed by atoms with Gasteiger partial charge in [0.15, 0.2) is 0 Å². The van der Waals surface area contributed by atoms with Gasteiger partial charge in [-0.1, -0.05) is 56.0 Å². The average molecular weight is 200 g/mol. The lowest BCUT2D eigenvalue weighted by Crippen LogP contribution is -1.88. The lowest BCUT2D eigenvalue weighted by molar-refractivity contribution is 0.824. The third-order valence-corrected chi connectivity index (χ3v) is 2.65. The average Bonchev–Trinajstić information content (AvgIpc) is 2.29. The molecule has 1 aromatic carbocycles. The van der Waals surface area contributed by atoms with Gasteiger partial charge < -0.3 is 0 Å². The zero-order valence-corrected chi connectivity index (χ0v) is 9.63. The fourth-order valence-corrected chi connectivity index (χ4v) is 1.63. The van der Waals surface area contributed by atoms with Crippen LogP contribution in [0.4, 0.5) is 0 Å². The molecule has 0 N–H and O–H groups in total. The summed E-state index contributed by atoms with van der Waals surface area (Å²) in [7, 11) is 0. The number of aryl methyl sites for hydroxylation is 2. The summed E-state index contributed by atoms with van der Waals surface area (Å²) in [6.07, 6.45) is 6.33. The van der Waals surface area contributed by atoms with Gasteiger partial charge in [0.25, 0.3) is 0 Å². The van der Waals surface area contributed by atoms with E-state index in [0.717, 1.165) is 31.3 Å². The molecule has 0 aliphatic heterocycles. The number of hydrogen-bond acceptors (Lipinski definition) is 0. The van der Waals surface area contributed by atoms with Gasteiger partial charge in [0.05, 0.1) is 0 Å². The minimum Gasteiger partial charge on any atom is -0.0988 e. The van der Waals surface area contributed by atoms with Gasteiger partial charge in [-0.2, -0.15) is 0 Å². The fourth-order valence-electron chi connectivity index (χ4n) is 1.63. The van der Waals surface area contributed by atoms with Crippen LogP contribution in [0.15, 0.2) is 49.1 Å². The molecule has 0 heteroatoms. The number of rotatable bonds is 6. The highest BCUT2D eigenvalue weighted by Crippen LogP contribution is 2.11. The zero-order chi connectivity index (χ0) is 11.1. The van der Waals surface area contributed by atoms with Crippen LogP contribution in [0, 0.1) is 0 Å². The van der Waals surface area contributed by atoms with Crippen molar-refractivity contribution in [2.75, 3.05) is 0 Å². The Balaban J connectivity index is 2.43. The minimum absolute atomic E-state index is 1.06. The molecule has 0 bridgehead atoms. The van der Waals surface area contributed by atoms with Gasteiger partial charge in [-0.25, -0.2) is 0 Å². The molecule has 0 nitrogen and oxygen atoms in total. The number of allylic oxidation sites excluding steroid dienone is 2. The first kappa shape index (κ1) is 11.8. The maximum atomic E-state index is 3.92. The van der Waals surface area contributed by atoms with E-state index < -0.39 is 0 Å². The quantitative estimate of drug-likeness (QED) is 0.600. The molecule has 0 unspecified atom stereocenters. The molecule has 0 saturated carbocycles. The van der Waals surface area contributed by atoms with E-state index in [2.05, 4.69) is 44.3 Å². The highest BCUT2D eigenvalue weighted by Gasteiger charge is 1.95. The summed E-state index contributed by atoms with van der Waals surface area (Å²) in [4.78, 5) is 0. The summed E-state index contributed by atoms with van der Waals surface area (Å²) in [5.41, 5.74) is 4.00. The Kier molecular flexibility index (Phi) is 4.89. The Labute approximate surface area is 93.3 Å². The van der Waals surface area contributed by atoms with Crippen molar-refractivity contribution in [2.24, 2.45) is 0 Å². The molecular weight excluding hydrogens is 180 g/mol. The van der Waals surface area contributed by atoms with Gasteiger partial charge in [0, 0.05) is 0 Å². The molecule has 0 aliphatic rings. The smallest absolute Gasteiger partial charge is 0.0276 e. The third-order valence-electron chi connectivity index (χ3n) is 2.65. The fraction of sp³-hybridized carbons (Fsp3) is 0.333. The van der Waals surface area contributed by atoms with Crippen LogP contribution in [0.3, 0.4) is 0 Å². The van der Waals surface area contributed by atoms with Crippen LogP contribution in [0.5, 0.6) is 0 Å². The van der Waals surface area contributed by atoms with Crippen molar-refractivity contribution in [3.8, 4) is 0 Å². The molecule has 0 aromatic heterocycles. The van der Waals surface area contributed by atoms with E-state index in [0.29, 0.717) is 0 Å². The second kappa shape index (κ2) is 6.23. The van der Waals surface area contributed by atoms with Gasteiger partial charge >= 0.3 is 0 Å². The van der Waals surface area contributed by atoms with Crippen molar-refractivity contribution < 1.29 is 0 Å². The second-order valence-corrected chi connectivity index (χ2v) is 3.89. The van der Waals surface area contributed by atoms with Crippen molar-refractivity contribution in [1.29, 1.82) is 0 Å². The molecule has 0 aliphatic carbocycles. The van der Waals surface area contributed by atoms with Crippen LogP contribution in [0.2, 0.25) is 0 Å². The SMILES string of the molecule is C=CC(=C)CCCc1cccc(CC)c1. The molecule has 0 fully saturated rings. The Bertz CT molecular complexity index is 334. The normalized spacial score (nSPS) is 9.93. The molecule has 0 spiro atoms. The molecule has 15 heavy (non-hydrogen) atoms. The number of hydrogen-bond donors (Lipinski definition) is 0. The highest BCUT2D eigenvalue weighted by atomic mass is 14.0. The molecule has 0 radical (unpaired) electrons. The summed E-state index contributed by atoms with van der Waals surface area (Å²) >= 11 is 0. The van der Waals surface area contributed by atoms with E-state index in [4.69, 9.17) is 0 Å². The van der Waals surface area contributed by atoms with Gasteiger partial charge in [0.2, 0.25) is 0 Å². The monoisotopic (exact) mass is 200 g/mol. The maximum absolute atomic E-state index is 3.92. The van der Waals surface area contributed by atoms with E-state index in [1.54, 1.807) is 0 Å². The predicted molar refractivity (Wildman–Crippen MR) is 68.1 cm³/mol. The summed E-state index contributed by atoms with van der Waals surface area (Å²) in [5, 5.41) is 0. The van der Waals surface area contributed by atoms with Gasteiger partial charge in [-0.15, -0.1) is 0 Å². The van der Waals surface area contributed by atoms with Crippen molar-refractivity contribution in [3.05, 3.63) is 60.2 Å². The Morgan fingerprint density at radius 3 is 2.73 bits per heavy atom. The van der Waals surface area contributed by atoms with E-state index in [1.807, 2.05) is 6.08 Å². The summed E-state index contributed by atoms with van der Waals surface area (Å²) in [6, 6.07) is 8.84. The third kappa shape index (κ3) is 4.16. The van der Waals surface area contributed by atoms with Crippen molar-refractivity contribution in [2.45, 2.75) is 32.6 Å². The Hall–Kier alpha value is -1.30. The molecule has 1 rings (SSSR count). The van der Waals surface area contributed by atoms with Gasteiger partial charge in [0.1, 0.15) is 0 Å². The maximum Gasteiger partial charge on any atom is -0.0276 e. The first-order valence-corrected chi connectivity index (χ1v) is 5.64. The largest absolute Gasteiger partial charge is 0.0988 e. The van der Waals surface area contributed by atoms with E-state index >= 15 is 0 Å². The molecular formula is C15H20. The van der Waals surface area contributed by atoms with Gasteiger partial charge in [-0.3, -0.25) is 0 Å². The van der Waals surface area contributed by atoms with Gasteiger partial charge in [-0.05, 0) is 36.8 Å². The Morgan fingerprint density at radius 2 is 2.07 bits per heavy atom. The van der Waals surface area contributed by atoms with Crippen molar-refractivity contribution in [3.63, 3.8) is 0 Å². The molecule has 1 aromatic rings. The summed E-state index contributed by atoms with van der Waals surface area (Å²) in [5.74, 6) is 0. The molecule has 0 amide bonds.